The van der Waals surface area contributed by atoms with Gasteiger partial charge in [0.1, 0.15) is 5.75 Å². The summed E-state index contributed by atoms with van der Waals surface area (Å²) in [5.41, 5.74) is 4.57. The fourth-order valence-corrected chi connectivity index (χ4v) is 2.69. The van der Waals surface area contributed by atoms with E-state index in [4.69, 9.17) is 4.74 Å². The van der Waals surface area contributed by atoms with Gasteiger partial charge in [-0.05, 0) is 67.1 Å². The molecule has 0 fully saturated rings. The normalized spacial score (nSPS) is 13.1. The van der Waals surface area contributed by atoms with Crippen LogP contribution in [0.15, 0.2) is 42.5 Å². The Bertz CT molecular complexity index is 615. The van der Waals surface area contributed by atoms with Crippen molar-refractivity contribution in [3.05, 3.63) is 64.7 Å². The first-order valence-electron chi connectivity index (χ1n) is 6.63. The molecule has 96 valence electrons. The number of aryl methyl sites for hydroxylation is 2. The molecule has 0 unspecified atom stereocenters. The highest BCUT2D eigenvalue weighted by Gasteiger charge is 2.16. The summed E-state index contributed by atoms with van der Waals surface area (Å²) >= 11 is 0. The second kappa shape index (κ2) is 4.88. The van der Waals surface area contributed by atoms with E-state index in [9.17, 15) is 4.79 Å². The number of rotatable bonds is 2. The van der Waals surface area contributed by atoms with Crippen LogP contribution < -0.4 is 4.74 Å². The molecule has 1 aliphatic carbocycles. The fourth-order valence-electron chi connectivity index (χ4n) is 2.69. The molecule has 2 nitrogen and oxygen atoms in total. The molecular formula is C17H16O2. The van der Waals surface area contributed by atoms with Crippen molar-refractivity contribution in [2.24, 2.45) is 0 Å². The van der Waals surface area contributed by atoms with Gasteiger partial charge < -0.3 is 4.74 Å². The molecule has 0 aliphatic heterocycles. The van der Waals surface area contributed by atoms with Crippen LogP contribution in [0.2, 0.25) is 0 Å². The minimum absolute atomic E-state index is 0.294. The van der Waals surface area contributed by atoms with Gasteiger partial charge in [0.15, 0.2) is 0 Å². The van der Waals surface area contributed by atoms with E-state index in [1.54, 1.807) is 12.1 Å². The predicted octanol–water partition coefficient (Wildman–Crippen LogP) is 3.70. The highest BCUT2D eigenvalue weighted by Crippen LogP contribution is 2.29. The molecule has 0 saturated carbocycles. The predicted molar refractivity (Wildman–Crippen MR) is 74.6 cm³/mol. The summed E-state index contributed by atoms with van der Waals surface area (Å²) in [5, 5.41) is 0. The van der Waals surface area contributed by atoms with Crippen molar-refractivity contribution in [2.75, 3.05) is 0 Å². The summed E-state index contributed by atoms with van der Waals surface area (Å²) in [4.78, 5) is 12.0. The third-order valence-corrected chi connectivity index (χ3v) is 3.63. The molecule has 1 aliphatic rings. The van der Waals surface area contributed by atoms with E-state index in [2.05, 4.69) is 6.92 Å². The minimum Gasteiger partial charge on any atom is -0.423 e. The van der Waals surface area contributed by atoms with Crippen molar-refractivity contribution in [2.45, 2.75) is 26.2 Å². The number of hydrogen-bond acceptors (Lipinski definition) is 2. The number of benzene rings is 2. The van der Waals surface area contributed by atoms with Crippen LogP contribution in [0.3, 0.4) is 0 Å². The summed E-state index contributed by atoms with van der Waals surface area (Å²) < 4.78 is 5.47. The lowest BCUT2D eigenvalue weighted by atomic mass is 10.0. The largest absolute Gasteiger partial charge is 0.423 e. The van der Waals surface area contributed by atoms with Gasteiger partial charge in [0.2, 0.25) is 0 Å². The lowest BCUT2D eigenvalue weighted by molar-refractivity contribution is 0.0734. The summed E-state index contributed by atoms with van der Waals surface area (Å²) in [6.07, 6.45) is 3.44. The lowest BCUT2D eigenvalue weighted by Crippen LogP contribution is -2.08. The Labute approximate surface area is 113 Å². The van der Waals surface area contributed by atoms with Crippen LogP contribution in [0.1, 0.15) is 33.5 Å². The maximum Gasteiger partial charge on any atom is 0.343 e. The highest BCUT2D eigenvalue weighted by molar-refractivity contribution is 5.91. The van der Waals surface area contributed by atoms with Crippen molar-refractivity contribution in [1.82, 2.24) is 0 Å². The maximum absolute atomic E-state index is 12.0. The van der Waals surface area contributed by atoms with Crippen LogP contribution in [-0.2, 0) is 12.8 Å². The van der Waals surface area contributed by atoms with Gasteiger partial charge in [0.05, 0.1) is 5.56 Å². The molecule has 0 aromatic heterocycles. The van der Waals surface area contributed by atoms with Gasteiger partial charge in [-0.3, -0.25) is 0 Å². The van der Waals surface area contributed by atoms with Crippen molar-refractivity contribution in [3.63, 3.8) is 0 Å². The van der Waals surface area contributed by atoms with Gasteiger partial charge in [0.25, 0.3) is 0 Å². The first-order valence-corrected chi connectivity index (χ1v) is 6.63. The van der Waals surface area contributed by atoms with Gasteiger partial charge in [-0.1, -0.05) is 18.2 Å². The summed E-state index contributed by atoms with van der Waals surface area (Å²) in [6.45, 7) is 2.09. The summed E-state index contributed by atoms with van der Waals surface area (Å²) in [5.74, 6) is 0.366. The van der Waals surface area contributed by atoms with E-state index < -0.39 is 0 Å². The SMILES string of the molecule is Cc1cc(OC(=O)c2ccccc2)cc2c1CCC2. The molecule has 3 rings (SSSR count). The molecule has 2 aromatic rings. The van der Waals surface area contributed by atoms with Gasteiger partial charge in [-0.25, -0.2) is 4.79 Å². The molecule has 0 saturated heterocycles. The van der Waals surface area contributed by atoms with Crippen LogP contribution in [0, 0.1) is 6.92 Å². The standard InChI is InChI=1S/C17H16O2/c1-12-10-15(11-14-8-5-9-16(12)14)19-17(18)13-6-3-2-4-7-13/h2-4,6-7,10-11H,5,8-9H2,1H3. The Morgan fingerprint density at radius 1 is 1.11 bits per heavy atom. The van der Waals surface area contributed by atoms with Gasteiger partial charge in [-0.15, -0.1) is 0 Å². The van der Waals surface area contributed by atoms with Gasteiger partial charge in [-0.2, -0.15) is 0 Å². The lowest BCUT2D eigenvalue weighted by Gasteiger charge is -2.09. The Morgan fingerprint density at radius 2 is 1.89 bits per heavy atom. The Kier molecular flexibility index (Phi) is 3.08. The van der Waals surface area contributed by atoms with Crippen molar-refractivity contribution >= 4 is 5.97 Å². The number of fused-ring (bicyclic) bond motifs is 1. The van der Waals surface area contributed by atoms with E-state index in [1.165, 1.54) is 23.1 Å². The summed E-state index contributed by atoms with van der Waals surface area (Å²) in [7, 11) is 0. The smallest absolute Gasteiger partial charge is 0.343 e. The minimum atomic E-state index is -0.294. The van der Waals surface area contributed by atoms with Crippen LogP contribution in [0.25, 0.3) is 0 Å². The molecule has 0 spiro atoms. The van der Waals surface area contributed by atoms with E-state index >= 15 is 0 Å². The molecule has 0 atom stereocenters. The molecule has 0 heterocycles. The molecular weight excluding hydrogens is 236 g/mol. The second-order valence-electron chi connectivity index (χ2n) is 4.99. The fraction of sp³-hybridized carbons (Fsp3) is 0.235. The monoisotopic (exact) mass is 252 g/mol. The van der Waals surface area contributed by atoms with Gasteiger partial charge in [0, 0.05) is 0 Å². The van der Waals surface area contributed by atoms with Crippen LogP contribution >= 0.6 is 0 Å². The molecule has 19 heavy (non-hydrogen) atoms. The number of carbonyl (C=O) groups is 1. The van der Waals surface area contributed by atoms with Crippen LogP contribution in [0.5, 0.6) is 5.75 Å². The van der Waals surface area contributed by atoms with E-state index in [0.29, 0.717) is 11.3 Å². The second-order valence-corrected chi connectivity index (χ2v) is 4.99. The van der Waals surface area contributed by atoms with Gasteiger partial charge >= 0.3 is 5.97 Å². The van der Waals surface area contributed by atoms with Crippen molar-refractivity contribution < 1.29 is 9.53 Å². The average molecular weight is 252 g/mol. The van der Waals surface area contributed by atoms with E-state index in [1.807, 2.05) is 30.3 Å². The Hall–Kier alpha value is -2.09. The molecule has 0 bridgehead atoms. The number of esters is 1. The van der Waals surface area contributed by atoms with Crippen molar-refractivity contribution in [1.29, 1.82) is 0 Å². The quantitative estimate of drug-likeness (QED) is 0.601. The molecule has 0 amide bonds. The summed E-state index contributed by atoms with van der Waals surface area (Å²) in [6, 6.07) is 13.1. The van der Waals surface area contributed by atoms with E-state index in [0.717, 1.165) is 12.8 Å². The zero-order valence-electron chi connectivity index (χ0n) is 11.0. The van der Waals surface area contributed by atoms with Crippen LogP contribution in [-0.4, -0.2) is 5.97 Å². The van der Waals surface area contributed by atoms with Crippen LogP contribution in [0.4, 0.5) is 0 Å². The molecule has 2 aromatic carbocycles. The highest BCUT2D eigenvalue weighted by atomic mass is 16.5. The van der Waals surface area contributed by atoms with E-state index in [-0.39, 0.29) is 5.97 Å². The first-order chi connectivity index (χ1) is 9.24. The number of hydrogen-bond donors (Lipinski definition) is 0. The van der Waals surface area contributed by atoms with Crippen molar-refractivity contribution in [3.8, 4) is 5.75 Å². The molecule has 0 radical (unpaired) electrons. The average Bonchev–Trinajstić information content (AvgIpc) is 2.88. The topological polar surface area (TPSA) is 26.3 Å². The first kappa shape index (κ1) is 12.0. The number of ether oxygens (including phenoxy) is 1. The third kappa shape index (κ3) is 2.39. The zero-order valence-corrected chi connectivity index (χ0v) is 11.0. The third-order valence-electron chi connectivity index (χ3n) is 3.63. The zero-order chi connectivity index (χ0) is 13.2. The Morgan fingerprint density at radius 3 is 2.68 bits per heavy atom. The maximum atomic E-state index is 12.0. The molecule has 0 N–H and O–H groups in total. The number of carbonyl (C=O) groups excluding carboxylic acids is 1. The molecule has 2 heteroatoms. The Balaban J connectivity index is 1.85.